The molecule has 1 atom stereocenters. The van der Waals surface area contributed by atoms with E-state index in [-0.39, 0.29) is 5.69 Å². The number of hydrogen-bond acceptors (Lipinski definition) is 5. The number of para-hydroxylation sites is 2. The average molecular weight is 476 g/mol. The molecule has 0 aliphatic carbocycles. The number of benzene rings is 2. The highest BCUT2D eigenvalue weighted by Gasteiger charge is 2.21. The van der Waals surface area contributed by atoms with Gasteiger partial charge in [0.25, 0.3) is 5.91 Å². The highest BCUT2D eigenvalue weighted by molar-refractivity contribution is 14.1. The Balaban J connectivity index is 1.64. The van der Waals surface area contributed by atoms with Crippen LogP contribution in [0, 0.1) is 3.57 Å². The summed E-state index contributed by atoms with van der Waals surface area (Å²) in [6.45, 7) is -0.220. The molecule has 0 saturated heterocycles. The predicted octanol–water partition coefficient (Wildman–Crippen LogP) is 1.64. The van der Waals surface area contributed by atoms with Crippen molar-refractivity contribution >= 4 is 45.4 Å². The molecule has 3 N–H and O–H groups in total. The van der Waals surface area contributed by atoms with Crippen molar-refractivity contribution in [2.45, 2.75) is 12.6 Å². The smallest absolute Gasteiger partial charge is 0.272 e. The minimum Gasteiger partial charge on any atom is -0.394 e. The standard InChI is InChI=1S/C19H17IN4O3/c20-13-5-3-4-12(8-13)9-22-18(26)17(11-25)24-19(27)16-10-21-14-6-1-2-7-15(14)23-16/h1-8,10,17,25H,9,11H2,(H,22,26)(H,24,27). The van der Waals surface area contributed by atoms with Gasteiger partial charge in [-0.05, 0) is 52.4 Å². The van der Waals surface area contributed by atoms with Crippen LogP contribution in [-0.4, -0.2) is 39.5 Å². The molecule has 0 saturated carbocycles. The van der Waals surface area contributed by atoms with Crippen LogP contribution in [0.2, 0.25) is 0 Å². The molecule has 1 unspecified atom stereocenters. The third-order valence-electron chi connectivity index (χ3n) is 3.84. The number of fused-ring (bicyclic) bond motifs is 1. The highest BCUT2D eigenvalue weighted by atomic mass is 127. The predicted molar refractivity (Wildman–Crippen MR) is 109 cm³/mol. The van der Waals surface area contributed by atoms with Crippen molar-refractivity contribution in [1.29, 1.82) is 0 Å². The number of rotatable bonds is 6. The summed E-state index contributed by atoms with van der Waals surface area (Å²) in [5.74, 6) is -1.05. The van der Waals surface area contributed by atoms with E-state index in [4.69, 9.17) is 0 Å². The van der Waals surface area contributed by atoms with E-state index < -0.39 is 24.5 Å². The number of amides is 2. The Kier molecular flexibility index (Phi) is 6.30. The first-order valence-electron chi connectivity index (χ1n) is 8.22. The van der Waals surface area contributed by atoms with Crippen LogP contribution in [0.1, 0.15) is 16.1 Å². The zero-order valence-electron chi connectivity index (χ0n) is 14.2. The van der Waals surface area contributed by atoms with Crippen molar-refractivity contribution in [1.82, 2.24) is 20.6 Å². The van der Waals surface area contributed by atoms with Crippen LogP contribution >= 0.6 is 22.6 Å². The van der Waals surface area contributed by atoms with Crippen LogP contribution in [0.4, 0.5) is 0 Å². The molecule has 1 aromatic heterocycles. The molecule has 3 aromatic rings. The van der Waals surface area contributed by atoms with Crippen LogP contribution < -0.4 is 10.6 Å². The molecule has 2 amide bonds. The third-order valence-corrected chi connectivity index (χ3v) is 4.51. The number of nitrogens with zero attached hydrogens (tertiary/aromatic N) is 2. The zero-order valence-corrected chi connectivity index (χ0v) is 16.4. The number of aliphatic hydroxyl groups is 1. The summed E-state index contributed by atoms with van der Waals surface area (Å²) in [5.41, 5.74) is 2.26. The van der Waals surface area contributed by atoms with Gasteiger partial charge in [0.05, 0.1) is 23.8 Å². The molecule has 0 aliphatic heterocycles. The lowest BCUT2D eigenvalue weighted by atomic mass is 10.2. The van der Waals surface area contributed by atoms with Crippen LogP contribution in [0.3, 0.4) is 0 Å². The van der Waals surface area contributed by atoms with Gasteiger partial charge in [-0.15, -0.1) is 0 Å². The number of nitrogens with one attached hydrogen (secondary N) is 2. The van der Waals surface area contributed by atoms with Gasteiger partial charge in [-0.1, -0.05) is 24.3 Å². The van der Waals surface area contributed by atoms with E-state index in [1.165, 1.54) is 6.20 Å². The number of aromatic nitrogens is 2. The van der Waals surface area contributed by atoms with E-state index in [0.29, 0.717) is 17.6 Å². The molecule has 0 spiro atoms. The topological polar surface area (TPSA) is 104 Å². The summed E-state index contributed by atoms with van der Waals surface area (Å²) in [7, 11) is 0. The second-order valence-corrected chi connectivity index (χ2v) is 7.05. The van der Waals surface area contributed by atoms with Crippen molar-refractivity contribution < 1.29 is 14.7 Å². The first-order chi connectivity index (χ1) is 13.1. The fourth-order valence-electron chi connectivity index (χ4n) is 2.45. The minimum atomic E-state index is -1.08. The maximum Gasteiger partial charge on any atom is 0.272 e. The number of carbonyl (C=O) groups excluding carboxylic acids is 2. The summed E-state index contributed by atoms with van der Waals surface area (Å²) in [6.07, 6.45) is 1.34. The molecule has 7 nitrogen and oxygen atoms in total. The summed E-state index contributed by atoms with van der Waals surface area (Å²) >= 11 is 2.19. The van der Waals surface area contributed by atoms with Crippen molar-refractivity contribution in [3.05, 3.63) is 69.6 Å². The molecule has 0 radical (unpaired) electrons. The quantitative estimate of drug-likeness (QED) is 0.470. The maximum atomic E-state index is 12.4. The van der Waals surface area contributed by atoms with E-state index in [1.54, 1.807) is 18.2 Å². The lowest BCUT2D eigenvalue weighted by molar-refractivity contribution is -0.124. The third kappa shape index (κ3) is 4.98. The van der Waals surface area contributed by atoms with Crippen LogP contribution in [-0.2, 0) is 11.3 Å². The molecule has 2 aromatic carbocycles. The Morgan fingerprint density at radius 3 is 2.63 bits per heavy atom. The minimum absolute atomic E-state index is 0.0811. The number of carbonyl (C=O) groups is 2. The molecule has 138 valence electrons. The normalized spacial score (nSPS) is 11.8. The molecule has 3 rings (SSSR count). The fourth-order valence-corrected chi connectivity index (χ4v) is 3.06. The Bertz CT molecular complexity index is 980. The Hall–Kier alpha value is -2.59. The van der Waals surface area contributed by atoms with Gasteiger partial charge in [0.15, 0.2) is 0 Å². The average Bonchev–Trinajstić information content (AvgIpc) is 2.69. The highest BCUT2D eigenvalue weighted by Crippen LogP contribution is 2.09. The van der Waals surface area contributed by atoms with Gasteiger partial charge in [-0.25, -0.2) is 4.98 Å². The van der Waals surface area contributed by atoms with Crippen LogP contribution in [0.5, 0.6) is 0 Å². The van der Waals surface area contributed by atoms with Gasteiger partial charge < -0.3 is 15.7 Å². The Morgan fingerprint density at radius 2 is 1.89 bits per heavy atom. The van der Waals surface area contributed by atoms with E-state index >= 15 is 0 Å². The van der Waals surface area contributed by atoms with Gasteiger partial charge in [0, 0.05) is 10.1 Å². The molecule has 1 heterocycles. The van der Waals surface area contributed by atoms with Crippen molar-refractivity contribution in [3.63, 3.8) is 0 Å². The number of hydrogen-bond donors (Lipinski definition) is 3. The molecule has 27 heavy (non-hydrogen) atoms. The van der Waals surface area contributed by atoms with Gasteiger partial charge in [-0.2, -0.15) is 0 Å². The van der Waals surface area contributed by atoms with Crippen molar-refractivity contribution in [3.8, 4) is 0 Å². The first-order valence-corrected chi connectivity index (χ1v) is 9.30. The van der Waals surface area contributed by atoms with E-state index in [2.05, 4.69) is 43.2 Å². The maximum absolute atomic E-state index is 12.4. The lowest BCUT2D eigenvalue weighted by Crippen LogP contribution is -2.48. The summed E-state index contributed by atoms with van der Waals surface area (Å²) < 4.78 is 1.06. The summed E-state index contributed by atoms with van der Waals surface area (Å²) in [6, 6.07) is 13.8. The van der Waals surface area contributed by atoms with Gasteiger partial charge in [0.1, 0.15) is 11.7 Å². The summed E-state index contributed by atoms with van der Waals surface area (Å²) in [4.78, 5) is 33.1. The van der Waals surface area contributed by atoms with Gasteiger partial charge >= 0.3 is 0 Å². The molecule has 0 bridgehead atoms. The van der Waals surface area contributed by atoms with E-state index in [9.17, 15) is 14.7 Å². The first kappa shape index (κ1) is 19.2. The lowest BCUT2D eigenvalue weighted by Gasteiger charge is -2.16. The van der Waals surface area contributed by atoms with E-state index in [0.717, 1.165) is 9.13 Å². The summed E-state index contributed by atoms with van der Waals surface area (Å²) in [5, 5.41) is 14.7. The van der Waals surface area contributed by atoms with Crippen molar-refractivity contribution in [2.24, 2.45) is 0 Å². The Morgan fingerprint density at radius 1 is 1.11 bits per heavy atom. The van der Waals surface area contributed by atoms with Gasteiger partial charge in [-0.3, -0.25) is 14.6 Å². The SMILES string of the molecule is O=C(NC(CO)C(=O)NCc1cccc(I)c1)c1cnc2ccccc2n1. The molecule has 8 heteroatoms. The fraction of sp³-hybridized carbons (Fsp3) is 0.158. The number of halogens is 1. The molecular formula is C19H17IN4O3. The molecule has 0 fully saturated rings. The van der Waals surface area contributed by atoms with Crippen LogP contribution in [0.25, 0.3) is 11.0 Å². The van der Waals surface area contributed by atoms with E-state index in [1.807, 2.05) is 30.3 Å². The number of aliphatic hydroxyl groups excluding tert-OH is 1. The molecule has 0 aliphatic rings. The molecular weight excluding hydrogens is 459 g/mol. The largest absolute Gasteiger partial charge is 0.394 e. The van der Waals surface area contributed by atoms with Gasteiger partial charge in [0.2, 0.25) is 5.91 Å². The monoisotopic (exact) mass is 476 g/mol. The Labute approximate surface area is 169 Å². The van der Waals surface area contributed by atoms with Crippen LogP contribution in [0.15, 0.2) is 54.7 Å². The van der Waals surface area contributed by atoms with Crippen molar-refractivity contribution in [2.75, 3.05) is 6.61 Å². The second kappa shape index (κ2) is 8.87. The zero-order chi connectivity index (χ0) is 19.2. The second-order valence-electron chi connectivity index (χ2n) is 5.80.